The normalized spacial score (nSPS) is 19.6. The fraction of sp³-hybridized carbons (Fsp3) is 0.692. The molecule has 1 aliphatic heterocycles. The van der Waals surface area contributed by atoms with E-state index in [4.69, 9.17) is 9.15 Å². The van der Waals surface area contributed by atoms with Crippen molar-refractivity contribution in [3.63, 3.8) is 0 Å². The summed E-state index contributed by atoms with van der Waals surface area (Å²) in [6, 6.07) is 0.897. The molecule has 1 aromatic heterocycles. The van der Waals surface area contributed by atoms with Crippen LogP contribution in [0.5, 0.6) is 0 Å². The van der Waals surface area contributed by atoms with Crippen molar-refractivity contribution in [1.82, 2.24) is 9.88 Å². The zero-order valence-corrected chi connectivity index (χ0v) is 11.5. The molecule has 2 heterocycles. The van der Waals surface area contributed by atoms with Crippen molar-refractivity contribution in [3.8, 4) is 0 Å². The summed E-state index contributed by atoms with van der Waals surface area (Å²) in [5.74, 6) is -0.449. The number of carbonyl (C=O) groups is 1. The number of anilines is 1. The van der Waals surface area contributed by atoms with Crippen LogP contribution in [0.2, 0.25) is 0 Å². The van der Waals surface area contributed by atoms with Gasteiger partial charge in [0.15, 0.2) is 5.69 Å². The SMILES string of the molecule is CCOC(=O)c1coc(NCC2CCCN2CC)n1. The number of hydrogen-bond donors (Lipinski definition) is 1. The van der Waals surface area contributed by atoms with E-state index in [-0.39, 0.29) is 5.69 Å². The van der Waals surface area contributed by atoms with Crippen molar-refractivity contribution in [2.45, 2.75) is 32.7 Å². The summed E-state index contributed by atoms with van der Waals surface area (Å²) in [5.41, 5.74) is 0.211. The lowest BCUT2D eigenvalue weighted by molar-refractivity contribution is 0.0519. The van der Waals surface area contributed by atoms with E-state index in [0.717, 1.165) is 19.6 Å². The van der Waals surface area contributed by atoms with Crippen molar-refractivity contribution in [3.05, 3.63) is 12.0 Å². The lowest BCUT2D eigenvalue weighted by Crippen LogP contribution is -2.34. The van der Waals surface area contributed by atoms with Crippen LogP contribution >= 0.6 is 0 Å². The summed E-state index contributed by atoms with van der Waals surface area (Å²) in [6.07, 6.45) is 3.75. The first kappa shape index (κ1) is 13.9. The standard InChI is InChI=1S/C13H21N3O3/c1-3-16-7-5-6-10(16)8-14-13-15-11(9-19-13)12(17)18-4-2/h9-10H,3-8H2,1-2H3,(H,14,15). The number of esters is 1. The highest BCUT2D eigenvalue weighted by molar-refractivity contribution is 5.87. The molecule has 1 aromatic rings. The van der Waals surface area contributed by atoms with E-state index in [1.54, 1.807) is 6.92 Å². The molecule has 6 nitrogen and oxygen atoms in total. The summed E-state index contributed by atoms with van der Waals surface area (Å²) in [6.45, 7) is 7.27. The van der Waals surface area contributed by atoms with Crippen LogP contribution in [0.1, 0.15) is 37.2 Å². The van der Waals surface area contributed by atoms with Crippen LogP contribution in [0.15, 0.2) is 10.7 Å². The van der Waals surface area contributed by atoms with Gasteiger partial charge in [0.25, 0.3) is 6.01 Å². The molecule has 6 heteroatoms. The van der Waals surface area contributed by atoms with Gasteiger partial charge in [-0.3, -0.25) is 4.90 Å². The molecule has 1 atom stereocenters. The quantitative estimate of drug-likeness (QED) is 0.792. The number of nitrogens with zero attached hydrogens (tertiary/aromatic N) is 2. The van der Waals surface area contributed by atoms with Crippen molar-refractivity contribution in [1.29, 1.82) is 0 Å². The molecule has 19 heavy (non-hydrogen) atoms. The van der Waals surface area contributed by atoms with E-state index in [1.165, 1.54) is 19.1 Å². The second-order valence-corrected chi connectivity index (χ2v) is 4.56. The van der Waals surface area contributed by atoms with Crippen LogP contribution in [-0.4, -0.2) is 48.1 Å². The van der Waals surface area contributed by atoms with E-state index < -0.39 is 5.97 Å². The van der Waals surface area contributed by atoms with Gasteiger partial charge in [0.1, 0.15) is 6.26 Å². The van der Waals surface area contributed by atoms with Crippen LogP contribution in [0.3, 0.4) is 0 Å². The molecular weight excluding hydrogens is 246 g/mol. The zero-order valence-electron chi connectivity index (χ0n) is 11.5. The van der Waals surface area contributed by atoms with Gasteiger partial charge in [-0.2, -0.15) is 4.98 Å². The van der Waals surface area contributed by atoms with Crippen molar-refractivity contribution >= 4 is 12.0 Å². The third-order valence-corrected chi connectivity index (χ3v) is 3.38. The first-order chi connectivity index (χ1) is 9.24. The molecule has 0 bridgehead atoms. The van der Waals surface area contributed by atoms with Crippen molar-refractivity contribution < 1.29 is 13.9 Å². The summed E-state index contributed by atoms with van der Waals surface area (Å²) >= 11 is 0. The third kappa shape index (κ3) is 3.47. The second kappa shape index (κ2) is 6.56. The minimum atomic E-state index is -0.449. The highest BCUT2D eigenvalue weighted by Gasteiger charge is 2.23. The van der Waals surface area contributed by atoms with Gasteiger partial charge in [0.05, 0.1) is 6.61 Å². The van der Waals surface area contributed by atoms with Gasteiger partial charge in [-0.15, -0.1) is 0 Å². The average Bonchev–Trinajstić information content (AvgIpc) is 3.05. The smallest absolute Gasteiger partial charge is 0.360 e. The maximum atomic E-state index is 11.4. The Labute approximate surface area is 113 Å². The summed E-state index contributed by atoms with van der Waals surface area (Å²) < 4.78 is 10.1. The van der Waals surface area contributed by atoms with Gasteiger partial charge in [-0.1, -0.05) is 6.92 Å². The van der Waals surface area contributed by atoms with E-state index in [1.807, 2.05) is 0 Å². The van der Waals surface area contributed by atoms with Crippen LogP contribution in [0.25, 0.3) is 0 Å². The summed E-state index contributed by atoms with van der Waals surface area (Å²) in [4.78, 5) is 17.9. The number of oxazole rings is 1. The Hall–Kier alpha value is -1.56. The average molecular weight is 267 g/mol. The number of rotatable bonds is 6. The molecule has 1 N–H and O–H groups in total. The Kier molecular flexibility index (Phi) is 4.79. The lowest BCUT2D eigenvalue weighted by Gasteiger charge is -2.22. The Balaban J connectivity index is 1.85. The minimum absolute atomic E-state index is 0.211. The second-order valence-electron chi connectivity index (χ2n) is 4.56. The van der Waals surface area contributed by atoms with Gasteiger partial charge >= 0.3 is 5.97 Å². The Morgan fingerprint density at radius 3 is 3.21 bits per heavy atom. The van der Waals surface area contributed by atoms with Gasteiger partial charge < -0.3 is 14.5 Å². The van der Waals surface area contributed by atoms with Crippen LogP contribution in [0, 0.1) is 0 Å². The summed E-state index contributed by atoms with van der Waals surface area (Å²) in [7, 11) is 0. The topological polar surface area (TPSA) is 67.6 Å². The molecule has 0 amide bonds. The highest BCUT2D eigenvalue weighted by atomic mass is 16.5. The molecule has 0 aromatic carbocycles. The first-order valence-electron chi connectivity index (χ1n) is 6.85. The molecule has 1 aliphatic rings. The number of ether oxygens (including phenoxy) is 1. The molecule has 0 aliphatic carbocycles. The van der Waals surface area contributed by atoms with Crippen LogP contribution in [0.4, 0.5) is 6.01 Å². The number of likely N-dealkylation sites (N-methyl/N-ethyl adjacent to an activating group) is 1. The lowest BCUT2D eigenvalue weighted by atomic mass is 10.2. The predicted molar refractivity (Wildman–Crippen MR) is 71.2 cm³/mol. The van der Waals surface area contributed by atoms with E-state index in [9.17, 15) is 4.79 Å². The predicted octanol–water partition coefficient (Wildman–Crippen LogP) is 1.75. The number of aromatic nitrogens is 1. The van der Waals surface area contributed by atoms with E-state index >= 15 is 0 Å². The van der Waals surface area contributed by atoms with Crippen LogP contribution < -0.4 is 5.32 Å². The van der Waals surface area contributed by atoms with Gasteiger partial charge in [0, 0.05) is 12.6 Å². The first-order valence-corrected chi connectivity index (χ1v) is 6.85. The Bertz CT molecular complexity index is 419. The maximum absolute atomic E-state index is 11.4. The fourth-order valence-corrected chi connectivity index (χ4v) is 2.40. The monoisotopic (exact) mass is 267 g/mol. The van der Waals surface area contributed by atoms with E-state index in [2.05, 4.69) is 22.1 Å². The molecule has 0 saturated carbocycles. The molecular formula is C13H21N3O3. The fourth-order valence-electron chi connectivity index (χ4n) is 2.40. The number of nitrogens with one attached hydrogen (secondary N) is 1. The minimum Gasteiger partial charge on any atom is -0.461 e. The maximum Gasteiger partial charge on any atom is 0.360 e. The molecule has 0 spiro atoms. The van der Waals surface area contributed by atoms with Gasteiger partial charge in [-0.25, -0.2) is 4.79 Å². The molecule has 1 saturated heterocycles. The molecule has 1 unspecified atom stereocenters. The molecule has 106 valence electrons. The number of carbonyl (C=O) groups excluding carboxylic acids is 1. The number of hydrogen-bond acceptors (Lipinski definition) is 6. The Morgan fingerprint density at radius 1 is 1.63 bits per heavy atom. The molecule has 0 radical (unpaired) electrons. The van der Waals surface area contributed by atoms with Gasteiger partial charge in [-0.05, 0) is 32.9 Å². The van der Waals surface area contributed by atoms with Gasteiger partial charge in [0.2, 0.25) is 0 Å². The Morgan fingerprint density at radius 2 is 2.47 bits per heavy atom. The van der Waals surface area contributed by atoms with Crippen LogP contribution in [-0.2, 0) is 4.74 Å². The van der Waals surface area contributed by atoms with Crippen molar-refractivity contribution in [2.75, 3.05) is 31.6 Å². The molecule has 1 fully saturated rings. The molecule has 2 rings (SSSR count). The summed E-state index contributed by atoms with van der Waals surface area (Å²) in [5, 5.41) is 3.14. The van der Waals surface area contributed by atoms with Crippen molar-refractivity contribution in [2.24, 2.45) is 0 Å². The third-order valence-electron chi connectivity index (χ3n) is 3.38. The largest absolute Gasteiger partial charge is 0.461 e. The number of likely N-dealkylation sites (tertiary alicyclic amines) is 1. The highest BCUT2D eigenvalue weighted by Crippen LogP contribution is 2.17. The van der Waals surface area contributed by atoms with E-state index in [0.29, 0.717) is 18.7 Å². The zero-order chi connectivity index (χ0) is 13.7.